The molecule has 16 heavy (non-hydrogen) atoms. The van der Waals surface area contributed by atoms with Crippen molar-refractivity contribution in [2.75, 3.05) is 13.1 Å². The molecule has 0 amide bonds. The Labute approximate surface area is 101 Å². The Morgan fingerprint density at radius 2 is 2.19 bits per heavy atom. The van der Waals surface area contributed by atoms with Crippen LogP contribution in [0.25, 0.3) is 10.9 Å². The third-order valence-corrected chi connectivity index (χ3v) is 3.56. The van der Waals surface area contributed by atoms with E-state index in [2.05, 4.69) is 54.5 Å². The third-order valence-electron chi connectivity index (χ3n) is 2.52. The summed E-state index contributed by atoms with van der Waals surface area (Å²) in [5.74, 6) is 0. The fraction of sp³-hybridized carbons (Fsp3) is 0.385. The van der Waals surface area contributed by atoms with Gasteiger partial charge < -0.3 is 10.3 Å². The second-order valence-electron chi connectivity index (χ2n) is 3.96. The van der Waals surface area contributed by atoms with Crippen LogP contribution in [0, 0.1) is 0 Å². The first kappa shape index (κ1) is 11.6. The number of thioether (sulfide) groups is 1. The lowest BCUT2D eigenvalue weighted by Crippen LogP contribution is -2.21. The van der Waals surface area contributed by atoms with E-state index in [-0.39, 0.29) is 0 Å². The van der Waals surface area contributed by atoms with E-state index in [4.69, 9.17) is 0 Å². The van der Waals surface area contributed by atoms with Gasteiger partial charge in [0.1, 0.15) is 0 Å². The molecule has 0 saturated carbocycles. The number of aromatic amines is 1. The van der Waals surface area contributed by atoms with Gasteiger partial charge in [0.05, 0.1) is 5.03 Å². The molecule has 86 valence electrons. The number of hydrogen-bond acceptors (Lipinski definition) is 2. The van der Waals surface area contributed by atoms with Crippen LogP contribution in [0.4, 0.5) is 0 Å². The predicted molar refractivity (Wildman–Crippen MR) is 72.2 cm³/mol. The van der Waals surface area contributed by atoms with E-state index in [1.54, 1.807) is 0 Å². The van der Waals surface area contributed by atoms with E-state index in [9.17, 15) is 0 Å². The number of rotatable bonds is 5. The molecule has 0 radical (unpaired) electrons. The lowest BCUT2D eigenvalue weighted by Gasteiger charge is -2.09. The Morgan fingerprint density at radius 3 is 2.94 bits per heavy atom. The van der Waals surface area contributed by atoms with Crippen LogP contribution in [0.5, 0.6) is 0 Å². The summed E-state index contributed by atoms with van der Waals surface area (Å²) >= 11 is 1.89. The van der Waals surface area contributed by atoms with E-state index in [0.717, 1.165) is 13.1 Å². The summed E-state index contributed by atoms with van der Waals surface area (Å²) in [6.45, 7) is 6.48. The summed E-state index contributed by atoms with van der Waals surface area (Å²) < 4.78 is 0. The molecule has 0 aliphatic rings. The van der Waals surface area contributed by atoms with E-state index in [0.29, 0.717) is 5.25 Å². The van der Waals surface area contributed by atoms with Gasteiger partial charge in [0, 0.05) is 22.7 Å². The smallest absolute Gasteiger partial charge is 0.0735 e. The van der Waals surface area contributed by atoms with Gasteiger partial charge >= 0.3 is 0 Å². The molecule has 2 N–H and O–H groups in total. The molecule has 0 spiro atoms. The normalized spacial score (nSPS) is 13.1. The maximum Gasteiger partial charge on any atom is 0.0735 e. The van der Waals surface area contributed by atoms with Crippen molar-refractivity contribution < 1.29 is 0 Å². The highest BCUT2D eigenvalue weighted by Gasteiger charge is 2.06. The standard InChI is InChI=1S/C13H18N2S/c1-3-14-9-10(2)16-13-8-11-6-4-5-7-12(11)15-13/h4-8,10,14-15H,3,9H2,1-2H3. The SMILES string of the molecule is CCNCC(C)Sc1cc2ccccc2[nH]1. The van der Waals surface area contributed by atoms with Crippen molar-refractivity contribution in [1.29, 1.82) is 0 Å². The van der Waals surface area contributed by atoms with E-state index < -0.39 is 0 Å². The largest absolute Gasteiger partial charge is 0.350 e. The van der Waals surface area contributed by atoms with E-state index in [1.807, 2.05) is 11.8 Å². The molecule has 2 nitrogen and oxygen atoms in total. The summed E-state index contributed by atoms with van der Waals surface area (Å²) in [5.41, 5.74) is 1.22. The first-order valence-corrected chi connectivity index (χ1v) is 6.62. The maximum absolute atomic E-state index is 3.44. The Kier molecular flexibility index (Phi) is 3.91. The topological polar surface area (TPSA) is 27.8 Å². The van der Waals surface area contributed by atoms with Crippen LogP contribution in [0.2, 0.25) is 0 Å². The molecule has 1 heterocycles. The quantitative estimate of drug-likeness (QED) is 0.777. The lowest BCUT2D eigenvalue weighted by molar-refractivity contribution is 0.712. The number of benzene rings is 1. The van der Waals surface area contributed by atoms with Crippen LogP contribution in [-0.4, -0.2) is 23.3 Å². The van der Waals surface area contributed by atoms with Crippen LogP contribution >= 0.6 is 11.8 Å². The van der Waals surface area contributed by atoms with Crippen LogP contribution < -0.4 is 5.32 Å². The zero-order valence-corrected chi connectivity index (χ0v) is 10.6. The van der Waals surface area contributed by atoms with Crippen molar-refractivity contribution >= 4 is 22.7 Å². The zero-order valence-electron chi connectivity index (χ0n) is 9.79. The van der Waals surface area contributed by atoms with Crippen molar-refractivity contribution in [2.45, 2.75) is 24.1 Å². The van der Waals surface area contributed by atoms with Gasteiger partial charge in [-0.2, -0.15) is 0 Å². The molecule has 0 bridgehead atoms. The van der Waals surface area contributed by atoms with Crippen molar-refractivity contribution in [2.24, 2.45) is 0 Å². The summed E-state index contributed by atoms with van der Waals surface area (Å²) in [7, 11) is 0. The van der Waals surface area contributed by atoms with Crippen LogP contribution in [0.1, 0.15) is 13.8 Å². The number of aromatic nitrogens is 1. The van der Waals surface area contributed by atoms with Gasteiger partial charge in [-0.25, -0.2) is 0 Å². The monoisotopic (exact) mass is 234 g/mol. The number of fused-ring (bicyclic) bond motifs is 1. The highest BCUT2D eigenvalue weighted by molar-refractivity contribution is 7.99. The molecular weight excluding hydrogens is 216 g/mol. The second kappa shape index (κ2) is 5.41. The highest BCUT2D eigenvalue weighted by Crippen LogP contribution is 2.26. The number of hydrogen-bond donors (Lipinski definition) is 2. The summed E-state index contributed by atoms with van der Waals surface area (Å²) in [4.78, 5) is 3.44. The van der Waals surface area contributed by atoms with E-state index >= 15 is 0 Å². The van der Waals surface area contributed by atoms with Crippen molar-refractivity contribution in [3.8, 4) is 0 Å². The molecule has 0 fully saturated rings. The Bertz CT molecular complexity index is 417. The molecule has 3 heteroatoms. The first-order chi connectivity index (χ1) is 7.79. The van der Waals surface area contributed by atoms with Crippen molar-refractivity contribution in [3.05, 3.63) is 30.3 Å². The fourth-order valence-corrected chi connectivity index (χ4v) is 2.71. The van der Waals surface area contributed by atoms with Gasteiger partial charge in [0.2, 0.25) is 0 Å². The van der Waals surface area contributed by atoms with Gasteiger partial charge in [-0.15, -0.1) is 11.8 Å². The molecule has 0 aliphatic heterocycles. The van der Waals surface area contributed by atoms with Crippen molar-refractivity contribution in [1.82, 2.24) is 10.3 Å². The predicted octanol–water partition coefficient (Wildman–Crippen LogP) is 3.26. The average molecular weight is 234 g/mol. The molecule has 2 rings (SSSR count). The molecule has 1 unspecified atom stereocenters. The number of para-hydroxylation sites is 1. The Balaban J connectivity index is 2.03. The molecule has 0 aliphatic carbocycles. The van der Waals surface area contributed by atoms with Gasteiger partial charge in [-0.3, -0.25) is 0 Å². The third kappa shape index (κ3) is 2.80. The minimum absolute atomic E-state index is 0.591. The summed E-state index contributed by atoms with van der Waals surface area (Å²) in [6.07, 6.45) is 0. The van der Waals surface area contributed by atoms with Crippen molar-refractivity contribution in [3.63, 3.8) is 0 Å². The molecule has 0 saturated heterocycles. The minimum atomic E-state index is 0.591. The second-order valence-corrected chi connectivity index (χ2v) is 5.44. The summed E-state index contributed by atoms with van der Waals surface area (Å²) in [6, 6.07) is 10.6. The summed E-state index contributed by atoms with van der Waals surface area (Å²) in [5, 5.41) is 6.51. The van der Waals surface area contributed by atoms with Crippen LogP contribution in [-0.2, 0) is 0 Å². The Morgan fingerprint density at radius 1 is 1.38 bits per heavy atom. The molecular formula is C13H18N2S. The highest BCUT2D eigenvalue weighted by atomic mass is 32.2. The maximum atomic E-state index is 3.44. The van der Waals surface area contributed by atoms with Gasteiger partial charge in [0.15, 0.2) is 0 Å². The Hall–Kier alpha value is -0.930. The van der Waals surface area contributed by atoms with Gasteiger partial charge in [0.25, 0.3) is 0 Å². The minimum Gasteiger partial charge on any atom is -0.350 e. The average Bonchev–Trinajstić information content (AvgIpc) is 2.68. The lowest BCUT2D eigenvalue weighted by atomic mass is 10.3. The van der Waals surface area contributed by atoms with E-state index in [1.165, 1.54) is 15.9 Å². The van der Waals surface area contributed by atoms with Gasteiger partial charge in [-0.05, 0) is 18.7 Å². The molecule has 1 aromatic carbocycles. The first-order valence-electron chi connectivity index (χ1n) is 5.74. The fourth-order valence-electron chi connectivity index (χ4n) is 1.72. The van der Waals surface area contributed by atoms with Crippen LogP contribution in [0.15, 0.2) is 35.4 Å². The van der Waals surface area contributed by atoms with Crippen LogP contribution in [0.3, 0.4) is 0 Å². The molecule has 2 aromatic rings. The number of H-pyrrole nitrogens is 1. The number of nitrogens with one attached hydrogen (secondary N) is 2. The van der Waals surface area contributed by atoms with Gasteiger partial charge in [-0.1, -0.05) is 32.0 Å². The zero-order chi connectivity index (χ0) is 11.4. The molecule has 1 atom stereocenters. The molecule has 1 aromatic heterocycles.